The van der Waals surface area contributed by atoms with Gasteiger partial charge in [0, 0.05) is 40.4 Å². The summed E-state index contributed by atoms with van der Waals surface area (Å²) in [6.07, 6.45) is 6.77. The second-order valence-electron chi connectivity index (χ2n) is 6.61. The van der Waals surface area contributed by atoms with Gasteiger partial charge in [0.05, 0.1) is 11.2 Å². The topological polar surface area (TPSA) is 106 Å². The Morgan fingerprint density at radius 2 is 1.96 bits per heavy atom. The predicted octanol–water partition coefficient (Wildman–Crippen LogP) is 3.58. The summed E-state index contributed by atoms with van der Waals surface area (Å²) >= 11 is 3.44. The summed E-state index contributed by atoms with van der Waals surface area (Å²) in [5.41, 5.74) is 1.56. The van der Waals surface area contributed by atoms with Gasteiger partial charge in [-0.1, -0.05) is 12.1 Å². The summed E-state index contributed by atoms with van der Waals surface area (Å²) in [5, 5.41) is 5.14. The lowest BCUT2D eigenvalue weighted by Crippen LogP contribution is -2.16. The van der Waals surface area contributed by atoms with E-state index in [1.54, 1.807) is 36.7 Å². The van der Waals surface area contributed by atoms with Crippen LogP contribution in [0.3, 0.4) is 0 Å². The van der Waals surface area contributed by atoms with Crippen molar-refractivity contribution < 1.29 is 8.42 Å². The van der Waals surface area contributed by atoms with Gasteiger partial charge in [0.2, 0.25) is 0 Å². The molecule has 28 heavy (non-hydrogen) atoms. The van der Waals surface area contributed by atoms with Gasteiger partial charge >= 0.3 is 0 Å². The van der Waals surface area contributed by atoms with Crippen molar-refractivity contribution in [2.45, 2.75) is 23.7 Å². The van der Waals surface area contributed by atoms with Gasteiger partial charge in [0.1, 0.15) is 10.7 Å². The Morgan fingerprint density at radius 1 is 1.18 bits per heavy atom. The number of H-pyrrole nitrogens is 1. The standard InChI is InChI=1S/C18H15BrN6O2S/c19-13-4-1-3-12-15(10-22-17(12)13)28(26,27)24-16-9-14(11-5-6-11)23-25(16)18-20-7-2-8-21-18/h1-4,7-11,22,24H,5-6H2. The Hall–Kier alpha value is -2.72. The van der Waals surface area contributed by atoms with E-state index in [0.717, 1.165) is 28.5 Å². The number of para-hydroxylation sites is 1. The highest BCUT2D eigenvalue weighted by atomic mass is 79.9. The van der Waals surface area contributed by atoms with E-state index in [4.69, 9.17) is 0 Å². The molecule has 2 N–H and O–H groups in total. The number of aromatic nitrogens is 5. The van der Waals surface area contributed by atoms with Crippen LogP contribution in [0.25, 0.3) is 16.9 Å². The molecule has 0 aliphatic heterocycles. The smallest absolute Gasteiger partial charge is 0.265 e. The van der Waals surface area contributed by atoms with Crippen molar-refractivity contribution >= 4 is 42.7 Å². The first-order valence-corrected chi connectivity index (χ1v) is 11.0. The molecule has 0 atom stereocenters. The van der Waals surface area contributed by atoms with E-state index in [1.807, 2.05) is 6.07 Å². The normalized spacial score (nSPS) is 14.5. The van der Waals surface area contributed by atoms with Crippen LogP contribution in [-0.4, -0.2) is 33.2 Å². The van der Waals surface area contributed by atoms with Gasteiger partial charge in [0.15, 0.2) is 0 Å². The number of aromatic amines is 1. The molecule has 0 bridgehead atoms. The van der Waals surface area contributed by atoms with Crippen molar-refractivity contribution in [2.24, 2.45) is 0 Å². The van der Waals surface area contributed by atoms with Crippen LogP contribution in [0.2, 0.25) is 0 Å². The number of nitrogens with one attached hydrogen (secondary N) is 2. The van der Waals surface area contributed by atoms with Crippen molar-refractivity contribution in [3.8, 4) is 5.95 Å². The summed E-state index contributed by atoms with van der Waals surface area (Å²) in [6, 6.07) is 8.87. The lowest BCUT2D eigenvalue weighted by atomic mass is 10.2. The molecule has 4 aromatic rings. The van der Waals surface area contributed by atoms with E-state index in [1.165, 1.54) is 10.9 Å². The molecule has 10 heteroatoms. The first kappa shape index (κ1) is 17.4. The molecule has 0 spiro atoms. The molecule has 142 valence electrons. The van der Waals surface area contributed by atoms with E-state index in [-0.39, 0.29) is 4.90 Å². The molecule has 1 aromatic carbocycles. The van der Waals surface area contributed by atoms with Gasteiger partial charge < -0.3 is 4.98 Å². The molecular weight excluding hydrogens is 444 g/mol. The third kappa shape index (κ3) is 2.98. The van der Waals surface area contributed by atoms with Crippen molar-refractivity contribution in [2.75, 3.05) is 4.72 Å². The molecule has 8 nitrogen and oxygen atoms in total. The minimum atomic E-state index is -3.85. The Labute approximate surface area is 169 Å². The van der Waals surface area contributed by atoms with Crippen LogP contribution < -0.4 is 4.72 Å². The van der Waals surface area contributed by atoms with Gasteiger partial charge in [-0.3, -0.25) is 4.72 Å². The minimum Gasteiger partial charge on any atom is -0.359 e. The number of anilines is 1. The fourth-order valence-electron chi connectivity index (χ4n) is 3.11. The average molecular weight is 459 g/mol. The summed E-state index contributed by atoms with van der Waals surface area (Å²) in [6.45, 7) is 0. The molecule has 5 rings (SSSR count). The zero-order chi connectivity index (χ0) is 19.3. The van der Waals surface area contributed by atoms with Gasteiger partial charge in [-0.05, 0) is 40.9 Å². The van der Waals surface area contributed by atoms with Crippen LogP contribution in [0.1, 0.15) is 24.5 Å². The summed E-state index contributed by atoms with van der Waals surface area (Å²) in [5.74, 6) is 0.989. The molecule has 0 unspecified atom stereocenters. The number of halogens is 1. The Balaban J connectivity index is 1.59. The molecule has 3 heterocycles. The van der Waals surface area contributed by atoms with Gasteiger partial charge in [-0.2, -0.15) is 9.78 Å². The third-order valence-corrected chi connectivity index (χ3v) is 6.68. The minimum absolute atomic E-state index is 0.165. The van der Waals surface area contributed by atoms with E-state index < -0.39 is 10.0 Å². The van der Waals surface area contributed by atoms with Crippen LogP contribution in [0.15, 0.2) is 58.3 Å². The van der Waals surface area contributed by atoms with Crippen LogP contribution in [0.5, 0.6) is 0 Å². The molecular formula is C18H15BrN6O2S. The molecule has 1 aliphatic carbocycles. The second kappa shape index (κ2) is 6.42. The van der Waals surface area contributed by atoms with Gasteiger partial charge in [-0.15, -0.1) is 0 Å². The SMILES string of the molecule is O=S(=O)(Nc1cc(C2CC2)nn1-c1ncccn1)c1c[nH]c2c(Br)cccc12. The van der Waals surface area contributed by atoms with Gasteiger partial charge in [-0.25, -0.2) is 18.4 Å². The number of fused-ring (bicyclic) bond motifs is 1. The number of rotatable bonds is 5. The van der Waals surface area contributed by atoms with Crippen LogP contribution in [0.4, 0.5) is 5.82 Å². The zero-order valence-corrected chi connectivity index (χ0v) is 16.9. The Morgan fingerprint density at radius 3 is 2.71 bits per heavy atom. The highest BCUT2D eigenvalue weighted by molar-refractivity contribution is 9.10. The molecule has 0 radical (unpaired) electrons. The molecule has 1 fully saturated rings. The average Bonchev–Trinajstić information content (AvgIpc) is 3.29. The maximum Gasteiger partial charge on any atom is 0.265 e. The highest BCUT2D eigenvalue weighted by Crippen LogP contribution is 2.40. The quantitative estimate of drug-likeness (QED) is 0.475. The van der Waals surface area contributed by atoms with E-state index in [0.29, 0.717) is 23.1 Å². The first-order valence-electron chi connectivity index (χ1n) is 8.69. The fraction of sp³-hybridized carbons (Fsp3) is 0.167. The van der Waals surface area contributed by atoms with E-state index in [9.17, 15) is 8.42 Å². The van der Waals surface area contributed by atoms with Gasteiger partial charge in [0.25, 0.3) is 16.0 Å². The van der Waals surface area contributed by atoms with E-state index >= 15 is 0 Å². The van der Waals surface area contributed by atoms with Crippen LogP contribution in [0, 0.1) is 0 Å². The number of nitrogens with zero attached hydrogens (tertiary/aromatic N) is 4. The van der Waals surface area contributed by atoms with E-state index in [2.05, 4.69) is 40.7 Å². The third-order valence-electron chi connectivity index (χ3n) is 4.62. The lowest BCUT2D eigenvalue weighted by molar-refractivity contribution is 0.601. The maximum atomic E-state index is 13.1. The zero-order valence-electron chi connectivity index (χ0n) is 14.5. The highest BCUT2D eigenvalue weighted by Gasteiger charge is 2.29. The molecule has 0 saturated heterocycles. The number of sulfonamides is 1. The van der Waals surface area contributed by atoms with Crippen molar-refractivity contribution in [1.82, 2.24) is 24.7 Å². The second-order valence-corrected chi connectivity index (χ2v) is 9.12. The van der Waals surface area contributed by atoms with Crippen LogP contribution in [-0.2, 0) is 10.0 Å². The van der Waals surface area contributed by atoms with Crippen molar-refractivity contribution in [3.63, 3.8) is 0 Å². The number of hydrogen-bond donors (Lipinski definition) is 2. The maximum absolute atomic E-state index is 13.1. The van der Waals surface area contributed by atoms with Crippen molar-refractivity contribution in [1.29, 1.82) is 0 Å². The largest absolute Gasteiger partial charge is 0.359 e. The fourth-order valence-corrected chi connectivity index (χ4v) is 4.80. The summed E-state index contributed by atoms with van der Waals surface area (Å²) in [4.78, 5) is 11.6. The number of hydrogen-bond acceptors (Lipinski definition) is 5. The molecule has 1 aliphatic rings. The Bertz CT molecular complexity index is 1280. The molecule has 3 aromatic heterocycles. The molecule has 1 saturated carbocycles. The first-order chi connectivity index (χ1) is 13.5. The summed E-state index contributed by atoms with van der Waals surface area (Å²) < 4.78 is 31.2. The summed E-state index contributed by atoms with van der Waals surface area (Å²) in [7, 11) is -3.85. The predicted molar refractivity (Wildman–Crippen MR) is 108 cm³/mol. The van der Waals surface area contributed by atoms with Crippen molar-refractivity contribution in [3.05, 3.63) is 59.1 Å². The number of benzene rings is 1. The lowest BCUT2D eigenvalue weighted by Gasteiger charge is -2.08. The Kier molecular flexibility index (Phi) is 3.98. The van der Waals surface area contributed by atoms with Crippen LogP contribution >= 0.6 is 15.9 Å². The monoisotopic (exact) mass is 458 g/mol. The molecule has 0 amide bonds.